The van der Waals surface area contributed by atoms with Gasteiger partial charge in [0.1, 0.15) is 4.99 Å². The monoisotopic (exact) mass is 318 g/mol. The van der Waals surface area contributed by atoms with Crippen molar-refractivity contribution in [1.82, 2.24) is 0 Å². The number of benzene rings is 2. The Hall–Kier alpha value is -1.91. The molecule has 0 saturated carbocycles. The highest BCUT2D eigenvalue weighted by Gasteiger charge is 2.15. The predicted molar refractivity (Wildman–Crippen MR) is 90.9 cm³/mol. The molecule has 2 aromatic rings. The smallest absolute Gasteiger partial charge is 0.231 e. The van der Waals surface area contributed by atoms with Gasteiger partial charge in [0.15, 0.2) is 0 Å². The Morgan fingerprint density at radius 3 is 2.43 bits per heavy atom. The molecule has 2 aromatic carbocycles. The Labute approximate surface area is 134 Å². The number of nitrogens with two attached hydrogens (primary N) is 1. The number of nitrogens with zero attached hydrogens (tertiary/aromatic N) is 1. The van der Waals surface area contributed by atoms with E-state index in [1.165, 1.54) is 0 Å². The zero-order chi connectivity index (χ0) is 15.4. The summed E-state index contributed by atoms with van der Waals surface area (Å²) in [6, 6.07) is 14.6. The van der Waals surface area contributed by atoms with Crippen molar-refractivity contribution < 1.29 is 4.79 Å². The number of anilines is 1. The van der Waals surface area contributed by atoms with Gasteiger partial charge in [-0.15, -0.1) is 0 Å². The normalized spacial score (nSPS) is 10.2. The summed E-state index contributed by atoms with van der Waals surface area (Å²) in [4.78, 5) is 14.2. The number of likely N-dealkylation sites (N-methyl/N-ethyl adjacent to an activating group) is 1. The van der Waals surface area contributed by atoms with E-state index >= 15 is 0 Å². The van der Waals surface area contributed by atoms with E-state index in [-0.39, 0.29) is 10.9 Å². The molecule has 0 radical (unpaired) electrons. The van der Waals surface area contributed by atoms with E-state index < -0.39 is 0 Å². The summed E-state index contributed by atoms with van der Waals surface area (Å²) in [6.07, 6.45) is 0.291. The SMILES string of the molecule is CN(C(=O)Cc1ccc(Cl)cc1)c1ccccc1C(N)=S. The van der Waals surface area contributed by atoms with Gasteiger partial charge >= 0.3 is 0 Å². The zero-order valence-electron chi connectivity index (χ0n) is 11.5. The molecule has 3 nitrogen and oxygen atoms in total. The summed E-state index contributed by atoms with van der Waals surface area (Å²) in [5, 5.41) is 0.651. The lowest BCUT2D eigenvalue weighted by Crippen LogP contribution is -2.30. The Morgan fingerprint density at radius 2 is 1.81 bits per heavy atom. The van der Waals surface area contributed by atoms with E-state index in [0.29, 0.717) is 22.7 Å². The second-order valence-corrected chi connectivity index (χ2v) is 5.51. The van der Waals surface area contributed by atoms with E-state index in [1.807, 2.05) is 36.4 Å². The molecule has 0 heterocycles. The highest BCUT2D eigenvalue weighted by Crippen LogP contribution is 2.20. The van der Waals surface area contributed by atoms with Gasteiger partial charge in [0.2, 0.25) is 5.91 Å². The van der Waals surface area contributed by atoms with Gasteiger partial charge in [0.05, 0.1) is 12.1 Å². The van der Waals surface area contributed by atoms with E-state index in [2.05, 4.69) is 0 Å². The number of para-hydroxylation sites is 1. The maximum absolute atomic E-state index is 12.4. The van der Waals surface area contributed by atoms with Crippen LogP contribution >= 0.6 is 23.8 Å². The minimum atomic E-state index is -0.0407. The van der Waals surface area contributed by atoms with Gasteiger partial charge in [0, 0.05) is 17.6 Å². The molecule has 0 fully saturated rings. The summed E-state index contributed by atoms with van der Waals surface area (Å²) in [7, 11) is 1.72. The molecule has 1 amide bonds. The topological polar surface area (TPSA) is 46.3 Å². The van der Waals surface area contributed by atoms with Crippen molar-refractivity contribution in [3.05, 3.63) is 64.7 Å². The zero-order valence-corrected chi connectivity index (χ0v) is 13.1. The lowest BCUT2D eigenvalue weighted by molar-refractivity contribution is -0.117. The predicted octanol–water partition coefficient (Wildman–Crippen LogP) is 3.18. The number of hydrogen-bond donors (Lipinski definition) is 1. The van der Waals surface area contributed by atoms with Crippen molar-refractivity contribution in [3.8, 4) is 0 Å². The molecule has 2 rings (SSSR count). The third kappa shape index (κ3) is 3.80. The van der Waals surface area contributed by atoms with E-state index in [0.717, 1.165) is 5.56 Å². The Morgan fingerprint density at radius 1 is 1.19 bits per heavy atom. The van der Waals surface area contributed by atoms with Gasteiger partial charge in [-0.25, -0.2) is 0 Å². The number of thiocarbonyl (C=S) groups is 1. The maximum atomic E-state index is 12.4. The lowest BCUT2D eigenvalue weighted by Gasteiger charge is -2.20. The molecular formula is C16H15ClN2OS. The van der Waals surface area contributed by atoms with E-state index in [4.69, 9.17) is 29.6 Å². The highest BCUT2D eigenvalue weighted by atomic mass is 35.5. The van der Waals surface area contributed by atoms with Crippen molar-refractivity contribution in [2.45, 2.75) is 6.42 Å². The molecule has 0 atom stereocenters. The third-order valence-electron chi connectivity index (χ3n) is 3.17. The van der Waals surface area contributed by atoms with Crippen molar-refractivity contribution in [2.24, 2.45) is 5.73 Å². The van der Waals surface area contributed by atoms with Crippen molar-refractivity contribution in [2.75, 3.05) is 11.9 Å². The third-order valence-corrected chi connectivity index (χ3v) is 3.65. The summed E-state index contributed by atoms with van der Waals surface area (Å²) in [5.74, 6) is -0.0407. The standard InChI is InChI=1S/C16H15ClN2OS/c1-19(14-5-3-2-4-13(14)16(18)21)15(20)10-11-6-8-12(17)9-7-11/h2-9H,10H2,1H3,(H2,18,21). The molecule has 0 aromatic heterocycles. The van der Waals surface area contributed by atoms with Gasteiger partial charge < -0.3 is 10.6 Å². The Balaban J connectivity index is 2.20. The van der Waals surface area contributed by atoms with Gasteiger partial charge in [-0.2, -0.15) is 0 Å². The van der Waals surface area contributed by atoms with Crippen LogP contribution < -0.4 is 10.6 Å². The molecule has 108 valence electrons. The maximum Gasteiger partial charge on any atom is 0.231 e. The number of halogens is 1. The molecule has 0 unspecified atom stereocenters. The second-order valence-electron chi connectivity index (χ2n) is 4.64. The number of hydrogen-bond acceptors (Lipinski definition) is 2. The van der Waals surface area contributed by atoms with Crippen LogP contribution in [0.2, 0.25) is 5.02 Å². The van der Waals surface area contributed by atoms with Crippen LogP contribution in [0.3, 0.4) is 0 Å². The van der Waals surface area contributed by atoms with E-state index in [9.17, 15) is 4.79 Å². The highest BCUT2D eigenvalue weighted by molar-refractivity contribution is 7.80. The molecule has 0 spiro atoms. The minimum absolute atomic E-state index is 0.0407. The summed E-state index contributed by atoms with van der Waals surface area (Å²) < 4.78 is 0. The molecule has 0 bridgehead atoms. The van der Waals surface area contributed by atoms with Gasteiger partial charge in [0.25, 0.3) is 0 Å². The Kier molecular flexibility index (Phi) is 4.94. The van der Waals surface area contributed by atoms with Crippen LogP contribution in [0.25, 0.3) is 0 Å². The van der Waals surface area contributed by atoms with Crippen LogP contribution in [-0.2, 0) is 11.2 Å². The van der Waals surface area contributed by atoms with Crippen LogP contribution in [0.4, 0.5) is 5.69 Å². The second kappa shape index (κ2) is 6.70. The van der Waals surface area contributed by atoms with Crippen LogP contribution in [-0.4, -0.2) is 17.9 Å². The van der Waals surface area contributed by atoms with Crippen molar-refractivity contribution in [3.63, 3.8) is 0 Å². The number of carbonyl (C=O) groups excluding carboxylic acids is 1. The van der Waals surface area contributed by atoms with Crippen molar-refractivity contribution >= 4 is 40.4 Å². The fourth-order valence-electron chi connectivity index (χ4n) is 2.00. The minimum Gasteiger partial charge on any atom is -0.389 e. The first-order chi connectivity index (χ1) is 9.99. The molecule has 0 aliphatic rings. The number of carbonyl (C=O) groups is 1. The molecular weight excluding hydrogens is 304 g/mol. The van der Waals surface area contributed by atoms with Crippen LogP contribution in [0.15, 0.2) is 48.5 Å². The largest absolute Gasteiger partial charge is 0.389 e. The first-order valence-corrected chi connectivity index (χ1v) is 7.17. The molecule has 5 heteroatoms. The summed E-state index contributed by atoms with van der Waals surface area (Å²) in [6.45, 7) is 0. The van der Waals surface area contributed by atoms with Gasteiger partial charge in [-0.1, -0.05) is 48.1 Å². The van der Waals surface area contributed by atoms with Crippen LogP contribution in [0, 0.1) is 0 Å². The molecule has 21 heavy (non-hydrogen) atoms. The average molecular weight is 319 g/mol. The summed E-state index contributed by atoms with van der Waals surface area (Å²) in [5.41, 5.74) is 8.01. The quantitative estimate of drug-likeness (QED) is 0.881. The average Bonchev–Trinajstić information content (AvgIpc) is 2.48. The van der Waals surface area contributed by atoms with Crippen LogP contribution in [0.5, 0.6) is 0 Å². The Bertz CT molecular complexity index is 670. The number of amides is 1. The van der Waals surface area contributed by atoms with Gasteiger partial charge in [-0.3, -0.25) is 4.79 Å². The summed E-state index contributed by atoms with van der Waals surface area (Å²) >= 11 is 10.9. The van der Waals surface area contributed by atoms with Crippen molar-refractivity contribution in [1.29, 1.82) is 0 Å². The molecule has 0 aliphatic heterocycles. The molecule has 0 saturated heterocycles. The first kappa shape index (κ1) is 15.5. The molecule has 0 aliphatic carbocycles. The molecule has 2 N–H and O–H groups in total. The van der Waals surface area contributed by atoms with E-state index in [1.54, 1.807) is 24.1 Å². The number of rotatable bonds is 4. The van der Waals surface area contributed by atoms with Gasteiger partial charge in [-0.05, 0) is 29.8 Å². The lowest BCUT2D eigenvalue weighted by atomic mass is 10.1. The fourth-order valence-corrected chi connectivity index (χ4v) is 2.30. The first-order valence-electron chi connectivity index (χ1n) is 6.39. The van der Waals surface area contributed by atoms with Crippen LogP contribution in [0.1, 0.15) is 11.1 Å². The fraction of sp³-hybridized carbons (Fsp3) is 0.125.